The molecule has 3 aromatic rings. The van der Waals surface area contributed by atoms with Crippen molar-refractivity contribution in [1.82, 2.24) is 0 Å². The minimum Gasteiger partial charge on any atom is -0.481 e. The van der Waals surface area contributed by atoms with Crippen molar-refractivity contribution in [3.63, 3.8) is 0 Å². The van der Waals surface area contributed by atoms with Crippen LogP contribution in [0.2, 0.25) is 0 Å². The molecule has 34 heavy (non-hydrogen) atoms. The highest BCUT2D eigenvalue weighted by Crippen LogP contribution is 2.45. The van der Waals surface area contributed by atoms with E-state index >= 15 is 0 Å². The standard InChI is InChI=1S/C28H30O6/c1-15-7-17(3)27(18(4)8-15)21-11-24(34-14-26(31)32)22(12-23(21)33-13-25(29)30)28-19(5)9-16(2)10-20(28)6/h7-12H,13-14H2,1-6H3,(H,29,30)(H,31,32). The number of hydrogen-bond acceptors (Lipinski definition) is 4. The number of ether oxygens (including phenoxy) is 2. The number of hydrogen-bond donors (Lipinski definition) is 2. The molecule has 3 aromatic carbocycles. The third-order valence-corrected chi connectivity index (χ3v) is 5.68. The van der Waals surface area contributed by atoms with Gasteiger partial charge in [-0.1, -0.05) is 35.4 Å². The summed E-state index contributed by atoms with van der Waals surface area (Å²) in [6.45, 7) is 11.0. The van der Waals surface area contributed by atoms with E-state index in [4.69, 9.17) is 9.47 Å². The summed E-state index contributed by atoms with van der Waals surface area (Å²) in [6, 6.07) is 11.7. The number of benzene rings is 3. The molecule has 0 aliphatic carbocycles. The van der Waals surface area contributed by atoms with Crippen molar-refractivity contribution in [1.29, 1.82) is 0 Å². The second-order valence-electron chi connectivity index (χ2n) is 8.76. The Morgan fingerprint density at radius 1 is 0.588 bits per heavy atom. The Morgan fingerprint density at radius 3 is 1.15 bits per heavy atom. The Bertz CT molecular complexity index is 1130. The van der Waals surface area contributed by atoms with E-state index in [1.54, 1.807) is 12.1 Å². The minimum atomic E-state index is -1.08. The minimum absolute atomic E-state index is 0.398. The van der Waals surface area contributed by atoms with Gasteiger partial charge in [-0.25, -0.2) is 9.59 Å². The zero-order valence-corrected chi connectivity index (χ0v) is 20.4. The molecule has 3 rings (SSSR count). The molecule has 0 radical (unpaired) electrons. The van der Waals surface area contributed by atoms with Crippen LogP contribution in [0.3, 0.4) is 0 Å². The maximum absolute atomic E-state index is 11.3. The molecule has 0 fully saturated rings. The van der Waals surface area contributed by atoms with Gasteiger partial charge in [0.2, 0.25) is 0 Å². The number of carbonyl (C=O) groups is 2. The normalized spacial score (nSPS) is 10.8. The molecule has 0 bridgehead atoms. The van der Waals surface area contributed by atoms with Crippen LogP contribution in [-0.2, 0) is 9.59 Å². The largest absolute Gasteiger partial charge is 0.481 e. The van der Waals surface area contributed by atoms with Gasteiger partial charge in [0.15, 0.2) is 13.2 Å². The van der Waals surface area contributed by atoms with Crippen molar-refractivity contribution in [2.45, 2.75) is 41.5 Å². The van der Waals surface area contributed by atoms with Crippen molar-refractivity contribution in [3.8, 4) is 33.8 Å². The summed E-state index contributed by atoms with van der Waals surface area (Å²) in [5.74, 6) is -1.37. The molecule has 6 nitrogen and oxygen atoms in total. The molecule has 0 aliphatic heterocycles. The first-order valence-electron chi connectivity index (χ1n) is 11.0. The van der Waals surface area contributed by atoms with E-state index in [-0.39, 0.29) is 0 Å². The molecule has 0 heterocycles. The predicted molar refractivity (Wildman–Crippen MR) is 132 cm³/mol. The third-order valence-electron chi connectivity index (χ3n) is 5.68. The van der Waals surface area contributed by atoms with E-state index in [0.717, 1.165) is 44.5 Å². The molecule has 0 saturated carbocycles. The van der Waals surface area contributed by atoms with Crippen molar-refractivity contribution in [3.05, 3.63) is 69.8 Å². The molecule has 0 aliphatic rings. The molecule has 0 amide bonds. The zero-order chi connectivity index (χ0) is 25.2. The zero-order valence-electron chi connectivity index (χ0n) is 20.4. The van der Waals surface area contributed by atoms with E-state index < -0.39 is 25.2 Å². The molecular weight excluding hydrogens is 432 g/mol. The van der Waals surface area contributed by atoms with Gasteiger partial charge in [-0.15, -0.1) is 0 Å². The fourth-order valence-electron chi connectivity index (χ4n) is 4.68. The van der Waals surface area contributed by atoms with Crippen molar-refractivity contribution >= 4 is 11.9 Å². The van der Waals surface area contributed by atoms with Gasteiger partial charge in [0.1, 0.15) is 11.5 Å². The maximum atomic E-state index is 11.3. The second-order valence-corrected chi connectivity index (χ2v) is 8.76. The van der Waals surface area contributed by atoms with Crippen LogP contribution in [0.1, 0.15) is 33.4 Å². The van der Waals surface area contributed by atoms with Gasteiger partial charge in [-0.05, 0) is 87.1 Å². The van der Waals surface area contributed by atoms with Crippen LogP contribution in [0.25, 0.3) is 22.3 Å². The molecule has 0 saturated heterocycles. The monoisotopic (exact) mass is 462 g/mol. The summed E-state index contributed by atoms with van der Waals surface area (Å²) in [4.78, 5) is 22.7. The lowest BCUT2D eigenvalue weighted by atomic mass is 9.89. The van der Waals surface area contributed by atoms with Gasteiger partial charge < -0.3 is 19.7 Å². The Balaban J connectivity index is 2.35. The first-order valence-corrected chi connectivity index (χ1v) is 11.0. The first-order chi connectivity index (χ1) is 16.0. The van der Waals surface area contributed by atoms with E-state index in [0.29, 0.717) is 22.6 Å². The summed E-state index contributed by atoms with van der Waals surface area (Å²) in [5, 5.41) is 18.5. The first kappa shape index (κ1) is 24.8. The van der Waals surface area contributed by atoms with Crippen LogP contribution >= 0.6 is 0 Å². The summed E-state index contributed by atoms with van der Waals surface area (Å²) in [5.41, 5.74) is 9.31. The molecule has 178 valence electrons. The van der Waals surface area contributed by atoms with Gasteiger partial charge in [-0.2, -0.15) is 0 Å². The smallest absolute Gasteiger partial charge is 0.341 e. The number of rotatable bonds is 8. The lowest BCUT2D eigenvalue weighted by Gasteiger charge is -2.21. The number of aliphatic carboxylic acids is 2. The molecule has 0 atom stereocenters. The Morgan fingerprint density at radius 2 is 0.882 bits per heavy atom. The number of aryl methyl sites for hydroxylation is 6. The molecule has 0 aromatic heterocycles. The topological polar surface area (TPSA) is 93.1 Å². The van der Waals surface area contributed by atoms with E-state index in [2.05, 4.69) is 0 Å². The summed E-state index contributed by atoms with van der Waals surface area (Å²) >= 11 is 0. The average molecular weight is 463 g/mol. The average Bonchev–Trinajstić information content (AvgIpc) is 2.70. The Hall–Kier alpha value is -3.80. The van der Waals surface area contributed by atoms with Crippen LogP contribution in [0, 0.1) is 41.5 Å². The molecule has 2 N–H and O–H groups in total. The lowest BCUT2D eigenvalue weighted by molar-refractivity contribution is -0.140. The van der Waals surface area contributed by atoms with Gasteiger partial charge >= 0.3 is 11.9 Å². The van der Waals surface area contributed by atoms with Crippen LogP contribution in [-0.4, -0.2) is 35.4 Å². The molecule has 6 heteroatoms. The lowest BCUT2D eigenvalue weighted by Crippen LogP contribution is -2.12. The maximum Gasteiger partial charge on any atom is 0.341 e. The molecular formula is C28H30O6. The van der Waals surface area contributed by atoms with Gasteiger partial charge in [-0.3, -0.25) is 0 Å². The quantitative estimate of drug-likeness (QED) is 0.440. The summed E-state index contributed by atoms with van der Waals surface area (Å²) in [7, 11) is 0. The van der Waals surface area contributed by atoms with Gasteiger partial charge in [0.25, 0.3) is 0 Å². The highest BCUT2D eigenvalue weighted by molar-refractivity contribution is 5.86. The van der Waals surface area contributed by atoms with Crippen LogP contribution in [0.15, 0.2) is 36.4 Å². The van der Waals surface area contributed by atoms with E-state index in [1.807, 2.05) is 65.8 Å². The van der Waals surface area contributed by atoms with Crippen molar-refractivity contribution in [2.24, 2.45) is 0 Å². The summed E-state index contributed by atoms with van der Waals surface area (Å²) < 4.78 is 11.5. The SMILES string of the molecule is Cc1cc(C)c(-c2cc(OCC(=O)O)c(-c3c(C)cc(C)cc3C)cc2OCC(=O)O)c(C)c1. The van der Waals surface area contributed by atoms with Crippen molar-refractivity contribution in [2.75, 3.05) is 13.2 Å². The van der Waals surface area contributed by atoms with Crippen LogP contribution in [0.5, 0.6) is 11.5 Å². The summed E-state index contributed by atoms with van der Waals surface area (Å²) in [6.07, 6.45) is 0. The van der Waals surface area contributed by atoms with E-state index in [1.165, 1.54) is 0 Å². The Kier molecular flexibility index (Phi) is 7.30. The van der Waals surface area contributed by atoms with Crippen molar-refractivity contribution < 1.29 is 29.3 Å². The molecule has 0 unspecified atom stereocenters. The van der Waals surface area contributed by atoms with E-state index in [9.17, 15) is 19.8 Å². The highest BCUT2D eigenvalue weighted by Gasteiger charge is 2.21. The van der Waals surface area contributed by atoms with Crippen LogP contribution < -0.4 is 9.47 Å². The second kappa shape index (κ2) is 10.00. The molecule has 0 spiro atoms. The van der Waals surface area contributed by atoms with Gasteiger partial charge in [0.05, 0.1) is 0 Å². The number of carboxylic acids is 2. The Labute approximate surface area is 199 Å². The third kappa shape index (κ3) is 5.39. The number of carboxylic acid groups (broad SMARTS) is 2. The van der Waals surface area contributed by atoms with Gasteiger partial charge in [0, 0.05) is 11.1 Å². The fraction of sp³-hybridized carbons (Fsp3) is 0.286. The predicted octanol–water partition coefficient (Wildman–Crippen LogP) is 5.80. The highest BCUT2D eigenvalue weighted by atomic mass is 16.5. The van der Waals surface area contributed by atoms with Crippen LogP contribution in [0.4, 0.5) is 0 Å². The fourth-order valence-corrected chi connectivity index (χ4v) is 4.68.